The summed E-state index contributed by atoms with van der Waals surface area (Å²) in [4.78, 5) is 14.8. The molecule has 2 nitrogen and oxygen atoms in total. The molecule has 0 saturated carbocycles. The zero-order valence-corrected chi connectivity index (χ0v) is 13.9. The third-order valence-corrected chi connectivity index (χ3v) is 5.15. The van der Waals surface area contributed by atoms with E-state index in [1.807, 2.05) is 41.3 Å². The van der Waals surface area contributed by atoms with Gasteiger partial charge in [-0.3, -0.25) is 4.79 Å². The number of hydrogen-bond donors (Lipinski definition) is 0. The van der Waals surface area contributed by atoms with Crippen LogP contribution in [-0.2, 0) is 10.2 Å². The highest BCUT2D eigenvalue weighted by Gasteiger charge is 2.39. The molecule has 1 fully saturated rings. The number of carbonyl (C=O) groups excluding carboxylic acids is 1. The lowest BCUT2D eigenvalue weighted by Crippen LogP contribution is -2.46. The Labute approximate surface area is 142 Å². The Morgan fingerprint density at radius 1 is 1.17 bits per heavy atom. The molecule has 0 N–H and O–H groups in total. The monoisotopic (exact) mass is 323 g/mol. The van der Waals surface area contributed by atoms with E-state index in [2.05, 4.69) is 13.5 Å². The number of piperidine rings is 1. The molecule has 0 radical (unpaired) electrons. The zero-order valence-electron chi connectivity index (χ0n) is 13.9. The topological polar surface area (TPSA) is 20.3 Å². The molecular formula is C21H22FNO. The van der Waals surface area contributed by atoms with Crippen LogP contribution in [0, 0.1) is 5.82 Å². The highest BCUT2D eigenvalue weighted by molar-refractivity contribution is 5.80. The molecule has 1 amide bonds. The van der Waals surface area contributed by atoms with Crippen LogP contribution in [0.3, 0.4) is 0 Å². The molecular weight excluding hydrogens is 301 g/mol. The molecule has 1 saturated heterocycles. The van der Waals surface area contributed by atoms with Crippen molar-refractivity contribution in [3.63, 3.8) is 0 Å². The Morgan fingerprint density at radius 3 is 2.42 bits per heavy atom. The van der Waals surface area contributed by atoms with E-state index in [4.69, 9.17) is 0 Å². The Balaban J connectivity index is 1.82. The van der Waals surface area contributed by atoms with Crippen molar-refractivity contribution in [1.82, 2.24) is 4.90 Å². The Kier molecular flexibility index (Phi) is 4.52. The summed E-state index contributed by atoms with van der Waals surface area (Å²) in [5.74, 6) is -0.152. The van der Waals surface area contributed by atoms with Crippen LogP contribution in [0.1, 0.15) is 36.9 Å². The summed E-state index contributed by atoms with van der Waals surface area (Å²) < 4.78 is 13.2. The maximum absolute atomic E-state index is 13.2. The maximum Gasteiger partial charge on any atom is 0.224 e. The van der Waals surface area contributed by atoms with Crippen molar-refractivity contribution in [3.8, 4) is 0 Å². The van der Waals surface area contributed by atoms with Gasteiger partial charge in [-0.25, -0.2) is 4.39 Å². The molecule has 1 aliphatic rings. The highest BCUT2D eigenvalue weighted by atomic mass is 19.1. The van der Waals surface area contributed by atoms with Gasteiger partial charge in [-0.2, -0.15) is 0 Å². The van der Waals surface area contributed by atoms with Crippen LogP contribution >= 0.6 is 0 Å². The van der Waals surface area contributed by atoms with E-state index in [-0.39, 0.29) is 17.8 Å². The lowest BCUT2D eigenvalue weighted by atomic mass is 9.72. The van der Waals surface area contributed by atoms with Crippen LogP contribution in [0.4, 0.5) is 4.39 Å². The van der Waals surface area contributed by atoms with Crippen molar-refractivity contribution < 1.29 is 9.18 Å². The number of nitrogens with zero attached hydrogens (tertiary/aromatic N) is 1. The van der Waals surface area contributed by atoms with E-state index in [1.54, 1.807) is 12.1 Å². The molecule has 2 aromatic carbocycles. The van der Waals surface area contributed by atoms with Gasteiger partial charge in [0.15, 0.2) is 0 Å². The number of allylic oxidation sites excluding steroid dienone is 1. The molecule has 0 bridgehead atoms. The number of amides is 1. The number of hydrogen-bond acceptors (Lipinski definition) is 1. The van der Waals surface area contributed by atoms with Crippen molar-refractivity contribution in [3.05, 3.63) is 84.2 Å². The molecule has 0 spiro atoms. The van der Waals surface area contributed by atoms with Gasteiger partial charge in [0.25, 0.3) is 0 Å². The fourth-order valence-electron chi connectivity index (χ4n) is 3.55. The minimum atomic E-state index is -0.405. The average Bonchev–Trinajstić information content (AvgIpc) is 2.62. The van der Waals surface area contributed by atoms with Crippen LogP contribution < -0.4 is 0 Å². The van der Waals surface area contributed by atoms with Crippen molar-refractivity contribution >= 4 is 5.91 Å². The summed E-state index contributed by atoms with van der Waals surface area (Å²) in [5, 5.41) is 0. The van der Waals surface area contributed by atoms with Gasteiger partial charge in [0.05, 0.1) is 6.04 Å². The van der Waals surface area contributed by atoms with Gasteiger partial charge < -0.3 is 4.90 Å². The molecule has 2 atom stereocenters. The molecule has 3 heteroatoms. The van der Waals surface area contributed by atoms with E-state index in [9.17, 15) is 9.18 Å². The number of carbonyl (C=O) groups is 1. The minimum Gasteiger partial charge on any atom is -0.336 e. The van der Waals surface area contributed by atoms with E-state index in [0.29, 0.717) is 13.0 Å². The molecule has 1 aliphatic heterocycles. The zero-order chi connectivity index (χ0) is 17.2. The van der Waals surface area contributed by atoms with E-state index >= 15 is 0 Å². The predicted octanol–water partition coefficient (Wildman–Crippen LogP) is 4.63. The summed E-state index contributed by atoms with van der Waals surface area (Å²) in [5.41, 5.74) is 1.69. The SMILES string of the molecule is C=C[C@]1(c2ccc(F)cc2)CCN([C@H](C)c2ccccc2)C(=O)C1. The lowest BCUT2D eigenvalue weighted by Gasteiger charge is -2.42. The van der Waals surface area contributed by atoms with Crippen LogP contribution in [0.2, 0.25) is 0 Å². The number of halogens is 1. The summed E-state index contributed by atoms with van der Waals surface area (Å²) in [7, 11) is 0. The molecule has 0 unspecified atom stereocenters. The molecule has 124 valence electrons. The van der Waals surface area contributed by atoms with Crippen molar-refractivity contribution in [1.29, 1.82) is 0 Å². The van der Waals surface area contributed by atoms with Gasteiger partial charge in [0.1, 0.15) is 5.82 Å². The molecule has 2 aromatic rings. The van der Waals surface area contributed by atoms with Crippen LogP contribution in [-0.4, -0.2) is 17.4 Å². The van der Waals surface area contributed by atoms with Gasteiger partial charge >= 0.3 is 0 Å². The van der Waals surface area contributed by atoms with Crippen LogP contribution in [0.5, 0.6) is 0 Å². The van der Waals surface area contributed by atoms with E-state index in [0.717, 1.165) is 17.5 Å². The second-order valence-corrected chi connectivity index (χ2v) is 6.47. The van der Waals surface area contributed by atoms with Gasteiger partial charge in [-0.1, -0.05) is 48.5 Å². The fourth-order valence-corrected chi connectivity index (χ4v) is 3.55. The Bertz CT molecular complexity index is 725. The third kappa shape index (κ3) is 2.99. The molecule has 0 aromatic heterocycles. The van der Waals surface area contributed by atoms with Gasteiger partial charge in [0.2, 0.25) is 5.91 Å². The average molecular weight is 323 g/mol. The second kappa shape index (κ2) is 6.60. The van der Waals surface area contributed by atoms with E-state index in [1.165, 1.54) is 12.1 Å². The van der Waals surface area contributed by atoms with Gasteiger partial charge in [0, 0.05) is 18.4 Å². The van der Waals surface area contributed by atoms with Gasteiger partial charge in [-0.05, 0) is 36.6 Å². The first-order valence-electron chi connectivity index (χ1n) is 8.30. The van der Waals surface area contributed by atoms with Gasteiger partial charge in [-0.15, -0.1) is 6.58 Å². The number of rotatable bonds is 4. The third-order valence-electron chi connectivity index (χ3n) is 5.15. The van der Waals surface area contributed by atoms with Crippen molar-refractivity contribution in [2.45, 2.75) is 31.2 Å². The molecule has 0 aliphatic carbocycles. The molecule has 3 rings (SSSR count). The molecule has 24 heavy (non-hydrogen) atoms. The Hall–Kier alpha value is -2.42. The highest BCUT2D eigenvalue weighted by Crippen LogP contribution is 2.39. The van der Waals surface area contributed by atoms with Crippen LogP contribution in [0.25, 0.3) is 0 Å². The lowest BCUT2D eigenvalue weighted by molar-refractivity contribution is -0.137. The number of benzene rings is 2. The smallest absolute Gasteiger partial charge is 0.224 e. The summed E-state index contributed by atoms with van der Waals surface area (Å²) in [6.07, 6.45) is 3.02. The van der Waals surface area contributed by atoms with Crippen LogP contribution in [0.15, 0.2) is 67.3 Å². The first kappa shape index (κ1) is 16.4. The number of likely N-dealkylation sites (tertiary alicyclic amines) is 1. The summed E-state index contributed by atoms with van der Waals surface area (Å²) >= 11 is 0. The van der Waals surface area contributed by atoms with Crippen molar-refractivity contribution in [2.24, 2.45) is 0 Å². The first-order valence-corrected chi connectivity index (χ1v) is 8.30. The normalized spacial score (nSPS) is 22.2. The first-order chi connectivity index (χ1) is 11.6. The largest absolute Gasteiger partial charge is 0.336 e. The molecule has 1 heterocycles. The fraction of sp³-hybridized carbons (Fsp3) is 0.286. The van der Waals surface area contributed by atoms with E-state index < -0.39 is 5.41 Å². The second-order valence-electron chi connectivity index (χ2n) is 6.47. The minimum absolute atomic E-state index is 0.0507. The summed E-state index contributed by atoms with van der Waals surface area (Å²) in [6, 6.07) is 16.5. The quantitative estimate of drug-likeness (QED) is 0.751. The Morgan fingerprint density at radius 2 is 1.83 bits per heavy atom. The van der Waals surface area contributed by atoms with Crippen molar-refractivity contribution in [2.75, 3.05) is 6.54 Å². The standard InChI is InChI=1S/C21H22FNO/c1-3-21(18-9-11-19(22)12-10-18)13-14-23(20(24)15-21)16(2)17-7-5-4-6-8-17/h3-12,16H,1,13-15H2,2H3/t16-,21+/m1/s1. The summed E-state index contributed by atoms with van der Waals surface area (Å²) in [6.45, 7) is 6.68. The maximum atomic E-state index is 13.2. The predicted molar refractivity (Wildman–Crippen MR) is 94.1 cm³/mol.